The van der Waals surface area contributed by atoms with E-state index in [2.05, 4.69) is 20.7 Å². The highest BCUT2D eigenvalue weighted by molar-refractivity contribution is 6.34. The fourth-order valence-electron chi connectivity index (χ4n) is 5.68. The number of ether oxygens (including phenoxy) is 2. The van der Waals surface area contributed by atoms with Gasteiger partial charge >= 0.3 is 11.9 Å². The van der Waals surface area contributed by atoms with Crippen LogP contribution in [0.1, 0.15) is 97.2 Å². The maximum Gasteiger partial charge on any atom is 0.356 e. The van der Waals surface area contributed by atoms with Gasteiger partial charge in [0.15, 0.2) is 11.3 Å². The molecule has 0 fully saturated rings. The number of benzene rings is 3. The predicted molar refractivity (Wildman–Crippen MR) is 193 cm³/mol. The number of hydrogen-bond donors (Lipinski definition) is 3. The van der Waals surface area contributed by atoms with E-state index in [0.29, 0.717) is 35.7 Å². The van der Waals surface area contributed by atoms with Crippen LogP contribution in [0, 0.1) is 6.92 Å². The van der Waals surface area contributed by atoms with Crippen LogP contribution in [-0.4, -0.2) is 51.1 Å². The molecule has 0 radical (unpaired) electrons. The third-order valence-corrected chi connectivity index (χ3v) is 8.49. The van der Waals surface area contributed by atoms with E-state index >= 15 is 0 Å². The van der Waals surface area contributed by atoms with Crippen molar-refractivity contribution in [1.29, 1.82) is 0 Å². The molecule has 51 heavy (non-hydrogen) atoms. The molecule has 5 aromatic rings. The largest absolute Gasteiger partial charge is 0.464 e. The van der Waals surface area contributed by atoms with E-state index in [1.54, 1.807) is 30.3 Å². The zero-order valence-corrected chi connectivity index (χ0v) is 29.7. The molecule has 4 N–H and O–H groups in total. The van der Waals surface area contributed by atoms with E-state index in [-0.39, 0.29) is 28.6 Å². The molecular formula is C38H39ClN6O6. The molecule has 3 aromatic carbocycles. The lowest BCUT2D eigenvalue weighted by molar-refractivity contribution is 0.00681. The van der Waals surface area contributed by atoms with Gasteiger partial charge in [0, 0.05) is 12.6 Å². The van der Waals surface area contributed by atoms with Gasteiger partial charge < -0.3 is 25.8 Å². The van der Waals surface area contributed by atoms with E-state index in [1.807, 2.05) is 64.1 Å². The summed E-state index contributed by atoms with van der Waals surface area (Å²) in [4.78, 5) is 56.3. The number of amides is 2. The first-order valence-electron chi connectivity index (χ1n) is 16.2. The Kier molecular flexibility index (Phi) is 11.2. The molecule has 1 aliphatic rings. The Hall–Kier alpha value is -5.59. The highest BCUT2D eigenvalue weighted by atomic mass is 35.5. The van der Waals surface area contributed by atoms with Crippen molar-refractivity contribution in [3.8, 4) is 0 Å². The average molecular weight is 711 g/mol. The van der Waals surface area contributed by atoms with Gasteiger partial charge in [0.1, 0.15) is 16.9 Å². The topological polar surface area (TPSA) is 167 Å². The van der Waals surface area contributed by atoms with Crippen LogP contribution in [-0.2, 0) is 22.4 Å². The van der Waals surface area contributed by atoms with Gasteiger partial charge in [0.05, 0.1) is 35.6 Å². The van der Waals surface area contributed by atoms with E-state index < -0.39 is 29.4 Å². The number of nitrogens with zero attached hydrogens (tertiary/aromatic N) is 3. The van der Waals surface area contributed by atoms with Gasteiger partial charge in [-0.3, -0.25) is 9.59 Å². The van der Waals surface area contributed by atoms with Gasteiger partial charge in [-0.15, -0.1) is 0 Å². The number of para-hydroxylation sites is 1. The van der Waals surface area contributed by atoms with Crippen molar-refractivity contribution in [3.63, 3.8) is 0 Å². The smallest absolute Gasteiger partial charge is 0.356 e. The fourth-order valence-corrected chi connectivity index (χ4v) is 5.86. The molecule has 1 atom stereocenters. The Morgan fingerprint density at radius 3 is 2.31 bits per heavy atom. The SMILES string of the molecule is COC(=O)c1cc(C(=O)N[C@H]2CCc3c2ccc(C(=O)OC(C)(C)C)c3C)n2ncc(C(=O)Nc3ccccc3Cl)c2n1.NCc1ccccc1. The number of carbonyl (C=O) groups excluding carboxylic acids is 4. The summed E-state index contributed by atoms with van der Waals surface area (Å²) >= 11 is 6.19. The van der Waals surface area contributed by atoms with Crippen molar-refractivity contribution in [3.05, 3.63) is 129 Å². The number of esters is 2. The molecule has 2 amide bonds. The quantitative estimate of drug-likeness (QED) is 0.166. The predicted octanol–water partition coefficient (Wildman–Crippen LogP) is 6.25. The van der Waals surface area contributed by atoms with Crippen LogP contribution in [0.4, 0.5) is 5.69 Å². The minimum absolute atomic E-state index is 0.0118. The Morgan fingerprint density at radius 2 is 1.67 bits per heavy atom. The van der Waals surface area contributed by atoms with Crippen LogP contribution in [0.2, 0.25) is 5.02 Å². The molecule has 0 aliphatic heterocycles. The molecule has 13 heteroatoms. The molecule has 0 bridgehead atoms. The number of anilines is 1. The Bertz CT molecular complexity index is 2110. The number of rotatable bonds is 7. The lowest BCUT2D eigenvalue weighted by atomic mass is 9.97. The summed E-state index contributed by atoms with van der Waals surface area (Å²) in [5.41, 5.74) is 9.27. The van der Waals surface area contributed by atoms with Gasteiger partial charge in [0.2, 0.25) is 0 Å². The van der Waals surface area contributed by atoms with Crippen molar-refractivity contribution in [2.45, 2.75) is 58.7 Å². The highest BCUT2D eigenvalue weighted by Gasteiger charge is 2.31. The average Bonchev–Trinajstić information content (AvgIpc) is 3.73. The van der Waals surface area contributed by atoms with E-state index in [9.17, 15) is 19.2 Å². The maximum atomic E-state index is 13.7. The third kappa shape index (κ3) is 8.42. The summed E-state index contributed by atoms with van der Waals surface area (Å²) in [6.07, 6.45) is 2.51. The first-order chi connectivity index (χ1) is 24.3. The molecule has 0 spiro atoms. The van der Waals surface area contributed by atoms with Crippen molar-refractivity contribution in [1.82, 2.24) is 19.9 Å². The number of hydrogen-bond acceptors (Lipinski definition) is 9. The molecule has 0 saturated heterocycles. The first kappa shape index (κ1) is 36.7. The zero-order chi connectivity index (χ0) is 36.9. The van der Waals surface area contributed by atoms with Gasteiger partial charge in [0.25, 0.3) is 11.8 Å². The second kappa shape index (κ2) is 15.5. The van der Waals surface area contributed by atoms with Crippen LogP contribution >= 0.6 is 11.6 Å². The number of aromatic nitrogens is 3. The van der Waals surface area contributed by atoms with Crippen molar-refractivity contribution in [2.24, 2.45) is 5.73 Å². The molecule has 1 aliphatic carbocycles. The molecule has 2 aromatic heterocycles. The van der Waals surface area contributed by atoms with Crippen molar-refractivity contribution >= 4 is 46.7 Å². The maximum absolute atomic E-state index is 13.7. The second-order valence-electron chi connectivity index (χ2n) is 12.8. The summed E-state index contributed by atoms with van der Waals surface area (Å²) in [5, 5.41) is 10.3. The minimum Gasteiger partial charge on any atom is -0.464 e. The van der Waals surface area contributed by atoms with Gasteiger partial charge in [-0.05, 0) is 81.0 Å². The standard InChI is InChI=1S/C31H30ClN5O6.C7H9N/c1-16-17-12-13-22(19(17)11-10-18(16)29(40)43-31(2,3)4)35-28(39)25-14-24(30(41)42-5)34-26-20(15-33-37(25)26)27(38)36-23-9-7-6-8-21(23)32;8-6-7-4-2-1-3-5-7/h6-11,14-15,22H,12-13H2,1-5H3,(H,35,39)(H,36,38);1-5H,6,8H2/t22-;/m0./s1. The molecule has 2 heterocycles. The summed E-state index contributed by atoms with van der Waals surface area (Å²) in [6, 6.07) is 21.1. The van der Waals surface area contributed by atoms with Crippen LogP contribution in [0.15, 0.2) is 79.0 Å². The summed E-state index contributed by atoms with van der Waals surface area (Å²) < 4.78 is 11.6. The van der Waals surface area contributed by atoms with Crippen LogP contribution in [0.3, 0.4) is 0 Å². The zero-order valence-electron chi connectivity index (χ0n) is 29.0. The molecular weight excluding hydrogens is 672 g/mol. The minimum atomic E-state index is -0.785. The van der Waals surface area contributed by atoms with E-state index in [0.717, 1.165) is 16.7 Å². The summed E-state index contributed by atoms with van der Waals surface area (Å²) in [5.74, 6) is -2.30. The van der Waals surface area contributed by atoms with Crippen LogP contribution in [0.25, 0.3) is 5.65 Å². The lowest BCUT2D eigenvalue weighted by Crippen LogP contribution is -2.30. The van der Waals surface area contributed by atoms with Crippen molar-refractivity contribution < 1.29 is 28.7 Å². The monoisotopic (exact) mass is 710 g/mol. The van der Waals surface area contributed by atoms with Crippen LogP contribution in [0.5, 0.6) is 0 Å². The van der Waals surface area contributed by atoms with Gasteiger partial charge in [-0.25, -0.2) is 19.1 Å². The molecule has 0 saturated carbocycles. The molecule has 0 unspecified atom stereocenters. The number of fused-ring (bicyclic) bond motifs is 2. The van der Waals surface area contributed by atoms with Gasteiger partial charge in [-0.2, -0.15) is 5.10 Å². The van der Waals surface area contributed by atoms with E-state index in [4.69, 9.17) is 26.8 Å². The highest BCUT2D eigenvalue weighted by Crippen LogP contribution is 2.35. The Balaban J connectivity index is 0.000000556. The second-order valence-corrected chi connectivity index (χ2v) is 13.2. The number of carbonyl (C=O) groups is 4. The molecule has 264 valence electrons. The molecule has 12 nitrogen and oxygen atoms in total. The first-order valence-corrected chi connectivity index (χ1v) is 16.6. The lowest BCUT2D eigenvalue weighted by Gasteiger charge is -2.21. The number of methoxy groups -OCH3 is 1. The summed E-state index contributed by atoms with van der Waals surface area (Å²) in [7, 11) is 1.19. The third-order valence-electron chi connectivity index (χ3n) is 8.16. The number of nitrogens with one attached hydrogen (secondary N) is 2. The Morgan fingerprint density at radius 1 is 0.961 bits per heavy atom. The fraction of sp³-hybridized carbons (Fsp3) is 0.263. The molecule has 6 rings (SSSR count). The summed E-state index contributed by atoms with van der Waals surface area (Å²) in [6.45, 7) is 7.95. The van der Waals surface area contributed by atoms with Gasteiger partial charge in [-0.1, -0.05) is 60.1 Å². The van der Waals surface area contributed by atoms with Crippen molar-refractivity contribution in [2.75, 3.05) is 12.4 Å². The normalized spacial score (nSPS) is 13.4. The number of nitrogens with two attached hydrogens (primary N) is 1. The number of halogens is 1. The Labute approximate surface area is 300 Å². The van der Waals surface area contributed by atoms with E-state index in [1.165, 1.54) is 29.5 Å². The van der Waals surface area contributed by atoms with Crippen LogP contribution < -0.4 is 16.4 Å².